The molecule has 2 aromatic rings. The highest BCUT2D eigenvalue weighted by molar-refractivity contribution is 6.36. The third-order valence-electron chi connectivity index (χ3n) is 2.98. The van der Waals surface area contributed by atoms with Crippen molar-refractivity contribution in [1.82, 2.24) is 0 Å². The number of rotatable bonds is 3. The van der Waals surface area contributed by atoms with Gasteiger partial charge in [0.25, 0.3) is 0 Å². The Bertz CT molecular complexity index is 555. The molecule has 100 valence electrons. The number of aryl methyl sites for hydroxylation is 1. The van der Waals surface area contributed by atoms with E-state index in [1.165, 1.54) is 0 Å². The second kappa shape index (κ2) is 6.15. The van der Waals surface area contributed by atoms with Crippen LogP contribution in [-0.4, -0.2) is 0 Å². The molecule has 0 saturated heterocycles. The minimum atomic E-state index is -0.185. The molecule has 1 unspecified atom stereocenters. The molecule has 0 aliphatic heterocycles. The second-order valence-corrected chi connectivity index (χ2v) is 5.82. The van der Waals surface area contributed by atoms with Crippen LogP contribution in [0.15, 0.2) is 36.4 Å². The molecule has 0 amide bonds. The minimum Gasteiger partial charge on any atom is -0.324 e. The van der Waals surface area contributed by atoms with E-state index >= 15 is 0 Å². The first-order chi connectivity index (χ1) is 8.97. The summed E-state index contributed by atoms with van der Waals surface area (Å²) in [7, 11) is 0. The van der Waals surface area contributed by atoms with Crippen molar-refractivity contribution in [2.45, 2.75) is 19.4 Å². The zero-order valence-corrected chi connectivity index (χ0v) is 12.7. The molecule has 0 saturated carbocycles. The SMILES string of the molecule is Cc1cc(Cl)cc(C(N)Cc2c(Cl)cccc2Cl)c1. The highest BCUT2D eigenvalue weighted by Gasteiger charge is 2.13. The Morgan fingerprint density at radius 1 is 1.05 bits per heavy atom. The van der Waals surface area contributed by atoms with E-state index in [4.69, 9.17) is 40.5 Å². The minimum absolute atomic E-state index is 0.185. The predicted octanol–water partition coefficient (Wildman–Crippen LogP) is 5.20. The largest absolute Gasteiger partial charge is 0.324 e. The first-order valence-electron chi connectivity index (χ1n) is 5.93. The van der Waals surface area contributed by atoms with Crippen molar-refractivity contribution in [3.05, 3.63) is 68.2 Å². The Kier molecular flexibility index (Phi) is 4.75. The Morgan fingerprint density at radius 2 is 1.68 bits per heavy atom. The number of hydrogen-bond donors (Lipinski definition) is 1. The average Bonchev–Trinajstić information content (AvgIpc) is 2.32. The van der Waals surface area contributed by atoms with Crippen LogP contribution in [0.5, 0.6) is 0 Å². The molecule has 4 heteroatoms. The summed E-state index contributed by atoms with van der Waals surface area (Å²) in [6, 6.07) is 11.1. The van der Waals surface area contributed by atoms with Crippen molar-refractivity contribution in [3.8, 4) is 0 Å². The number of nitrogens with two attached hydrogens (primary N) is 1. The van der Waals surface area contributed by atoms with E-state index in [0.717, 1.165) is 16.7 Å². The van der Waals surface area contributed by atoms with Gasteiger partial charge in [0, 0.05) is 21.1 Å². The van der Waals surface area contributed by atoms with E-state index in [2.05, 4.69) is 0 Å². The summed E-state index contributed by atoms with van der Waals surface area (Å²) in [4.78, 5) is 0. The molecule has 19 heavy (non-hydrogen) atoms. The second-order valence-electron chi connectivity index (χ2n) is 4.57. The lowest BCUT2D eigenvalue weighted by molar-refractivity contribution is 0.721. The normalized spacial score (nSPS) is 12.5. The lowest BCUT2D eigenvalue weighted by Gasteiger charge is -2.15. The highest BCUT2D eigenvalue weighted by atomic mass is 35.5. The fourth-order valence-corrected chi connectivity index (χ4v) is 2.89. The van der Waals surface area contributed by atoms with E-state index in [9.17, 15) is 0 Å². The van der Waals surface area contributed by atoms with E-state index in [-0.39, 0.29) is 6.04 Å². The van der Waals surface area contributed by atoms with Gasteiger partial charge in [0.05, 0.1) is 0 Å². The van der Waals surface area contributed by atoms with Gasteiger partial charge in [-0.25, -0.2) is 0 Å². The van der Waals surface area contributed by atoms with Crippen molar-refractivity contribution in [1.29, 1.82) is 0 Å². The Balaban J connectivity index is 2.28. The van der Waals surface area contributed by atoms with Crippen molar-refractivity contribution >= 4 is 34.8 Å². The van der Waals surface area contributed by atoms with Crippen molar-refractivity contribution in [3.63, 3.8) is 0 Å². The maximum Gasteiger partial charge on any atom is 0.0453 e. The van der Waals surface area contributed by atoms with Crippen molar-refractivity contribution in [2.24, 2.45) is 5.73 Å². The Labute approximate surface area is 128 Å². The van der Waals surface area contributed by atoms with Gasteiger partial charge in [0.15, 0.2) is 0 Å². The average molecular weight is 315 g/mol. The van der Waals surface area contributed by atoms with Crippen LogP contribution in [0, 0.1) is 6.92 Å². The van der Waals surface area contributed by atoms with Crippen LogP contribution in [0.2, 0.25) is 15.1 Å². The maximum absolute atomic E-state index is 6.23. The van der Waals surface area contributed by atoms with E-state index in [1.807, 2.05) is 43.3 Å². The number of halogens is 3. The molecule has 0 spiro atoms. The van der Waals surface area contributed by atoms with Crippen LogP contribution in [0.4, 0.5) is 0 Å². The monoisotopic (exact) mass is 313 g/mol. The van der Waals surface area contributed by atoms with Gasteiger partial charge in [-0.2, -0.15) is 0 Å². The maximum atomic E-state index is 6.23. The topological polar surface area (TPSA) is 26.0 Å². The molecule has 0 aromatic heterocycles. The fourth-order valence-electron chi connectivity index (χ4n) is 2.04. The first kappa shape index (κ1) is 14.7. The van der Waals surface area contributed by atoms with E-state index in [0.29, 0.717) is 21.5 Å². The van der Waals surface area contributed by atoms with Crippen LogP contribution in [0.1, 0.15) is 22.7 Å². The Morgan fingerprint density at radius 3 is 2.26 bits per heavy atom. The summed E-state index contributed by atoms with van der Waals surface area (Å²) in [5.74, 6) is 0. The summed E-state index contributed by atoms with van der Waals surface area (Å²) < 4.78 is 0. The predicted molar refractivity (Wildman–Crippen MR) is 83.3 cm³/mol. The van der Waals surface area contributed by atoms with Gasteiger partial charge in [0.2, 0.25) is 0 Å². The molecule has 0 heterocycles. The standard InChI is InChI=1S/C15H14Cl3N/c1-9-5-10(7-11(16)6-9)15(19)8-12-13(17)3-2-4-14(12)18/h2-7,15H,8,19H2,1H3. The van der Waals surface area contributed by atoms with Crippen LogP contribution < -0.4 is 5.73 Å². The molecule has 1 nitrogen and oxygen atoms in total. The zero-order chi connectivity index (χ0) is 14.0. The molecule has 2 aromatic carbocycles. The number of hydrogen-bond acceptors (Lipinski definition) is 1. The van der Waals surface area contributed by atoms with Crippen LogP contribution in [0.3, 0.4) is 0 Å². The van der Waals surface area contributed by atoms with Crippen molar-refractivity contribution < 1.29 is 0 Å². The van der Waals surface area contributed by atoms with Crippen LogP contribution in [0.25, 0.3) is 0 Å². The summed E-state index contributed by atoms with van der Waals surface area (Å²) in [6.07, 6.45) is 0.582. The molecule has 2 rings (SSSR count). The molecule has 2 N–H and O–H groups in total. The Hall–Kier alpha value is -0.730. The summed E-state index contributed by atoms with van der Waals surface area (Å²) in [6.45, 7) is 1.99. The molecule has 0 aliphatic rings. The first-order valence-corrected chi connectivity index (χ1v) is 7.06. The summed E-state index contributed by atoms with van der Waals surface area (Å²) >= 11 is 18.4. The molecule has 0 aliphatic carbocycles. The lowest BCUT2D eigenvalue weighted by Crippen LogP contribution is -2.14. The fraction of sp³-hybridized carbons (Fsp3) is 0.200. The van der Waals surface area contributed by atoms with Crippen LogP contribution in [-0.2, 0) is 6.42 Å². The lowest BCUT2D eigenvalue weighted by atomic mass is 9.98. The number of benzene rings is 2. The van der Waals surface area contributed by atoms with Gasteiger partial charge < -0.3 is 5.73 Å². The van der Waals surface area contributed by atoms with Gasteiger partial charge in [-0.15, -0.1) is 0 Å². The molecular weight excluding hydrogens is 301 g/mol. The van der Waals surface area contributed by atoms with Gasteiger partial charge >= 0.3 is 0 Å². The quantitative estimate of drug-likeness (QED) is 0.828. The highest BCUT2D eigenvalue weighted by Crippen LogP contribution is 2.29. The van der Waals surface area contributed by atoms with Gasteiger partial charge in [0.1, 0.15) is 0 Å². The third kappa shape index (κ3) is 3.64. The van der Waals surface area contributed by atoms with Gasteiger partial charge in [-0.1, -0.05) is 46.9 Å². The van der Waals surface area contributed by atoms with Crippen molar-refractivity contribution in [2.75, 3.05) is 0 Å². The molecule has 0 fully saturated rings. The van der Waals surface area contributed by atoms with Crippen LogP contribution >= 0.6 is 34.8 Å². The third-order valence-corrected chi connectivity index (χ3v) is 3.90. The summed E-state index contributed by atoms with van der Waals surface area (Å²) in [5, 5.41) is 1.97. The van der Waals surface area contributed by atoms with Gasteiger partial charge in [-0.05, 0) is 54.3 Å². The zero-order valence-electron chi connectivity index (χ0n) is 10.5. The molecule has 0 radical (unpaired) electrons. The van der Waals surface area contributed by atoms with E-state index in [1.54, 1.807) is 0 Å². The van der Waals surface area contributed by atoms with Gasteiger partial charge in [-0.3, -0.25) is 0 Å². The molecule has 1 atom stereocenters. The van der Waals surface area contributed by atoms with E-state index < -0.39 is 0 Å². The smallest absolute Gasteiger partial charge is 0.0453 e. The molecular formula is C15H14Cl3N. The summed E-state index contributed by atoms with van der Waals surface area (Å²) in [5.41, 5.74) is 9.17. The molecule has 0 bridgehead atoms.